The molecule has 2 atom stereocenters. The van der Waals surface area contributed by atoms with Crippen LogP contribution < -0.4 is 5.73 Å². The van der Waals surface area contributed by atoms with Crippen molar-refractivity contribution in [2.45, 2.75) is 25.9 Å². The van der Waals surface area contributed by atoms with Crippen molar-refractivity contribution in [2.75, 3.05) is 13.1 Å². The van der Waals surface area contributed by atoms with Gasteiger partial charge in [0.1, 0.15) is 5.82 Å². The molecule has 2 N–H and O–H groups in total. The van der Waals surface area contributed by atoms with Crippen LogP contribution in [0, 0.1) is 11.7 Å². The fourth-order valence-electron chi connectivity index (χ4n) is 2.64. The molecule has 1 aromatic heterocycles. The maximum atomic E-state index is 12.9. The molecule has 3 rings (SSSR count). The van der Waals surface area contributed by atoms with Gasteiger partial charge in [0.25, 0.3) is 0 Å². The molecule has 1 fully saturated rings. The molecule has 4 nitrogen and oxygen atoms in total. The van der Waals surface area contributed by atoms with E-state index in [1.807, 2.05) is 0 Å². The van der Waals surface area contributed by atoms with Gasteiger partial charge in [-0.05, 0) is 43.1 Å². The van der Waals surface area contributed by atoms with Crippen LogP contribution in [-0.2, 0) is 6.54 Å². The van der Waals surface area contributed by atoms with Crippen LogP contribution in [0.15, 0.2) is 34.9 Å². The summed E-state index contributed by atoms with van der Waals surface area (Å²) >= 11 is 0. The third-order valence-electron chi connectivity index (χ3n) is 4.14. The largest absolute Gasteiger partial charge is 0.439 e. The number of hydrogen-bond donors (Lipinski definition) is 1. The van der Waals surface area contributed by atoms with Crippen LogP contribution in [0.2, 0.25) is 0 Å². The lowest BCUT2D eigenvalue weighted by atomic mass is 9.94. The maximum absolute atomic E-state index is 12.9. The van der Waals surface area contributed by atoms with E-state index in [-0.39, 0.29) is 11.9 Å². The van der Waals surface area contributed by atoms with E-state index in [2.05, 4.69) is 16.8 Å². The molecule has 2 unspecified atom stereocenters. The zero-order chi connectivity index (χ0) is 14.8. The number of halogens is 1. The highest BCUT2D eigenvalue weighted by molar-refractivity contribution is 5.55. The van der Waals surface area contributed by atoms with Gasteiger partial charge in [-0.1, -0.05) is 6.92 Å². The lowest BCUT2D eigenvalue weighted by Gasteiger charge is -2.34. The second-order valence-electron chi connectivity index (χ2n) is 5.79. The molecule has 5 heteroatoms. The number of hydrogen-bond acceptors (Lipinski definition) is 4. The zero-order valence-electron chi connectivity index (χ0n) is 12.1. The fraction of sp³-hybridized carbons (Fsp3) is 0.438. The number of piperidine rings is 1. The van der Waals surface area contributed by atoms with Gasteiger partial charge in [0.05, 0.1) is 12.7 Å². The van der Waals surface area contributed by atoms with E-state index in [9.17, 15) is 4.39 Å². The smallest absolute Gasteiger partial charge is 0.209 e. The first-order chi connectivity index (χ1) is 10.1. The predicted molar refractivity (Wildman–Crippen MR) is 78.9 cm³/mol. The molecule has 2 aromatic rings. The Hall–Kier alpha value is -1.72. The van der Waals surface area contributed by atoms with Crippen molar-refractivity contribution in [1.82, 2.24) is 9.88 Å². The van der Waals surface area contributed by atoms with E-state index in [1.54, 1.807) is 18.3 Å². The third kappa shape index (κ3) is 3.31. The molecule has 0 bridgehead atoms. The van der Waals surface area contributed by atoms with Gasteiger partial charge in [-0.2, -0.15) is 0 Å². The summed E-state index contributed by atoms with van der Waals surface area (Å²) in [6.45, 7) is 4.75. The Labute approximate surface area is 123 Å². The van der Waals surface area contributed by atoms with E-state index < -0.39 is 0 Å². The van der Waals surface area contributed by atoms with Crippen molar-refractivity contribution < 1.29 is 8.81 Å². The van der Waals surface area contributed by atoms with Crippen LogP contribution >= 0.6 is 0 Å². The van der Waals surface area contributed by atoms with E-state index in [1.165, 1.54) is 12.1 Å². The van der Waals surface area contributed by atoms with Crippen LogP contribution in [0.3, 0.4) is 0 Å². The average Bonchev–Trinajstić information content (AvgIpc) is 2.92. The molecule has 112 valence electrons. The summed E-state index contributed by atoms with van der Waals surface area (Å²) in [7, 11) is 0. The molecule has 0 saturated carbocycles. The molecular weight excluding hydrogens is 269 g/mol. The van der Waals surface area contributed by atoms with E-state index in [0.29, 0.717) is 24.1 Å². The summed E-state index contributed by atoms with van der Waals surface area (Å²) < 4.78 is 18.7. The molecule has 1 aliphatic rings. The molecule has 0 radical (unpaired) electrons. The Kier molecular flexibility index (Phi) is 4.03. The number of nitrogens with zero attached hydrogens (tertiary/aromatic N) is 2. The number of rotatable bonds is 3. The monoisotopic (exact) mass is 289 g/mol. The Bertz CT molecular complexity index is 596. The summed E-state index contributed by atoms with van der Waals surface area (Å²) in [6, 6.07) is 6.44. The van der Waals surface area contributed by atoms with Crippen LogP contribution in [0.4, 0.5) is 4.39 Å². The summed E-state index contributed by atoms with van der Waals surface area (Å²) in [6.07, 6.45) is 2.79. The molecule has 0 spiro atoms. The molecular formula is C16H20FN3O. The van der Waals surface area contributed by atoms with Gasteiger partial charge < -0.3 is 10.2 Å². The number of oxazole rings is 1. The van der Waals surface area contributed by atoms with Crippen LogP contribution in [0.5, 0.6) is 0 Å². The molecule has 21 heavy (non-hydrogen) atoms. The first-order valence-corrected chi connectivity index (χ1v) is 7.30. The fourth-order valence-corrected chi connectivity index (χ4v) is 2.64. The van der Waals surface area contributed by atoms with Crippen molar-refractivity contribution in [2.24, 2.45) is 11.7 Å². The Balaban J connectivity index is 1.66. The van der Waals surface area contributed by atoms with Crippen molar-refractivity contribution >= 4 is 0 Å². The third-order valence-corrected chi connectivity index (χ3v) is 4.14. The van der Waals surface area contributed by atoms with Crippen LogP contribution in [0.1, 0.15) is 19.2 Å². The van der Waals surface area contributed by atoms with Crippen molar-refractivity contribution in [3.63, 3.8) is 0 Å². The first-order valence-electron chi connectivity index (χ1n) is 7.30. The van der Waals surface area contributed by atoms with E-state index in [0.717, 1.165) is 25.1 Å². The lowest BCUT2D eigenvalue weighted by molar-refractivity contribution is 0.150. The molecule has 1 aliphatic heterocycles. The highest BCUT2D eigenvalue weighted by Crippen LogP contribution is 2.22. The minimum Gasteiger partial charge on any atom is -0.439 e. The normalized spacial score (nSPS) is 23.4. The van der Waals surface area contributed by atoms with Gasteiger partial charge in [-0.15, -0.1) is 0 Å². The minimum absolute atomic E-state index is 0.213. The predicted octanol–water partition coefficient (Wildman–Crippen LogP) is 2.65. The van der Waals surface area contributed by atoms with Gasteiger partial charge in [-0.3, -0.25) is 4.90 Å². The van der Waals surface area contributed by atoms with Gasteiger partial charge in [-0.25, -0.2) is 9.37 Å². The summed E-state index contributed by atoms with van der Waals surface area (Å²) in [5.74, 6) is 1.66. The molecule has 0 aliphatic carbocycles. The second-order valence-corrected chi connectivity index (χ2v) is 5.79. The summed E-state index contributed by atoms with van der Waals surface area (Å²) in [5, 5.41) is 0. The summed E-state index contributed by atoms with van der Waals surface area (Å²) in [5.41, 5.74) is 6.94. The first kappa shape index (κ1) is 14.2. The molecule has 2 heterocycles. The SMILES string of the molecule is CC1CCN(Cc2ncc(-c3ccc(F)cc3)o2)CC1N. The lowest BCUT2D eigenvalue weighted by Crippen LogP contribution is -2.47. The van der Waals surface area contributed by atoms with E-state index >= 15 is 0 Å². The summed E-state index contributed by atoms with van der Waals surface area (Å²) in [4.78, 5) is 6.58. The highest BCUT2D eigenvalue weighted by atomic mass is 19.1. The standard InChI is InChI=1S/C16H20FN3O/c1-11-6-7-20(9-14(11)18)10-16-19-8-15(21-16)12-2-4-13(17)5-3-12/h2-5,8,11,14H,6-7,9-10,18H2,1H3. The zero-order valence-corrected chi connectivity index (χ0v) is 12.1. The number of likely N-dealkylation sites (tertiary alicyclic amines) is 1. The van der Waals surface area contributed by atoms with Crippen molar-refractivity contribution in [3.8, 4) is 11.3 Å². The van der Waals surface area contributed by atoms with Gasteiger partial charge in [0, 0.05) is 18.2 Å². The molecule has 1 saturated heterocycles. The number of nitrogens with two attached hydrogens (primary N) is 1. The minimum atomic E-state index is -0.255. The molecule has 1 aromatic carbocycles. The topological polar surface area (TPSA) is 55.3 Å². The molecule has 0 amide bonds. The van der Waals surface area contributed by atoms with Crippen molar-refractivity contribution in [3.05, 3.63) is 42.2 Å². The van der Waals surface area contributed by atoms with Gasteiger partial charge >= 0.3 is 0 Å². The average molecular weight is 289 g/mol. The Morgan fingerprint density at radius 3 is 2.86 bits per heavy atom. The maximum Gasteiger partial charge on any atom is 0.209 e. The Morgan fingerprint density at radius 2 is 2.14 bits per heavy atom. The van der Waals surface area contributed by atoms with Crippen molar-refractivity contribution in [1.29, 1.82) is 0 Å². The van der Waals surface area contributed by atoms with Crippen LogP contribution in [-0.4, -0.2) is 29.0 Å². The van der Waals surface area contributed by atoms with Gasteiger partial charge in [0.2, 0.25) is 5.89 Å². The number of benzene rings is 1. The quantitative estimate of drug-likeness (QED) is 0.944. The van der Waals surface area contributed by atoms with Gasteiger partial charge in [0.15, 0.2) is 5.76 Å². The Morgan fingerprint density at radius 1 is 1.38 bits per heavy atom. The highest BCUT2D eigenvalue weighted by Gasteiger charge is 2.24. The second kappa shape index (κ2) is 5.95. The van der Waals surface area contributed by atoms with Crippen LogP contribution in [0.25, 0.3) is 11.3 Å². The van der Waals surface area contributed by atoms with E-state index in [4.69, 9.17) is 10.2 Å². The number of aromatic nitrogens is 1.